The summed E-state index contributed by atoms with van der Waals surface area (Å²) in [6, 6.07) is 2.03. The molecule has 1 rings (SSSR count). The van der Waals surface area contributed by atoms with Gasteiger partial charge in [-0.25, -0.2) is 0 Å². The van der Waals surface area contributed by atoms with Crippen LogP contribution in [0.4, 0.5) is 13.2 Å². The highest BCUT2D eigenvalue weighted by Crippen LogP contribution is 2.30. The predicted octanol–water partition coefficient (Wildman–Crippen LogP) is 1.37. The summed E-state index contributed by atoms with van der Waals surface area (Å²) >= 11 is 0. The first kappa shape index (κ1) is 13.3. The minimum absolute atomic E-state index is 0.0504. The average molecular weight is 235 g/mol. The summed E-state index contributed by atoms with van der Waals surface area (Å²) in [7, 11) is 1.74. The van der Waals surface area contributed by atoms with Crippen molar-refractivity contribution in [3.63, 3.8) is 0 Å². The molecular formula is C10H16F3N3. The lowest BCUT2D eigenvalue weighted by Crippen LogP contribution is -2.49. The molecule has 92 valence electrons. The van der Waals surface area contributed by atoms with Crippen LogP contribution in [0.3, 0.4) is 0 Å². The molecule has 2 atom stereocenters. The maximum Gasteiger partial charge on any atom is 0.389 e. The van der Waals surface area contributed by atoms with Gasteiger partial charge in [0.05, 0.1) is 12.6 Å². The lowest BCUT2D eigenvalue weighted by Gasteiger charge is -2.36. The van der Waals surface area contributed by atoms with E-state index >= 15 is 0 Å². The van der Waals surface area contributed by atoms with Crippen LogP contribution in [0.15, 0.2) is 0 Å². The Labute approximate surface area is 93.2 Å². The van der Waals surface area contributed by atoms with E-state index in [4.69, 9.17) is 5.26 Å². The second-order valence-corrected chi connectivity index (χ2v) is 4.26. The second kappa shape index (κ2) is 5.51. The number of rotatable bonds is 3. The normalized spacial score (nSPS) is 27.7. The number of nitrogens with zero attached hydrogens (tertiary/aromatic N) is 2. The first-order valence-corrected chi connectivity index (χ1v) is 5.28. The Morgan fingerprint density at radius 2 is 2.12 bits per heavy atom. The van der Waals surface area contributed by atoms with Crippen molar-refractivity contribution < 1.29 is 13.2 Å². The van der Waals surface area contributed by atoms with Gasteiger partial charge in [0.1, 0.15) is 0 Å². The number of alkyl halides is 3. The van der Waals surface area contributed by atoms with Gasteiger partial charge in [0.2, 0.25) is 0 Å². The number of likely N-dealkylation sites (tertiary alicyclic amines) is 1. The van der Waals surface area contributed by atoms with E-state index in [9.17, 15) is 13.2 Å². The molecule has 6 heteroatoms. The van der Waals surface area contributed by atoms with Gasteiger partial charge in [0.15, 0.2) is 0 Å². The second-order valence-electron chi connectivity index (χ2n) is 4.26. The molecule has 1 saturated heterocycles. The van der Waals surface area contributed by atoms with Gasteiger partial charge in [-0.05, 0) is 19.4 Å². The highest BCUT2D eigenvalue weighted by molar-refractivity contribution is 4.88. The standard InChI is InChI=1S/C10H16F3N3/c1-15-9-4-8(5-10(11,12)13)6-16(7-9)3-2-14/h8-9,15H,3-7H2,1H3. The van der Waals surface area contributed by atoms with Gasteiger partial charge < -0.3 is 5.32 Å². The van der Waals surface area contributed by atoms with Crippen LogP contribution in [0.1, 0.15) is 12.8 Å². The third-order valence-corrected chi connectivity index (χ3v) is 2.84. The number of hydrogen-bond acceptors (Lipinski definition) is 3. The number of nitrogens with one attached hydrogen (secondary N) is 1. The van der Waals surface area contributed by atoms with Crippen LogP contribution in [-0.2, 0) is 0 Å². The molecule has 16 heavy (non-hydrogen) atoms. The summed E-state index contributed by atoms with van der Waals surface area (Å²) in [6.45, 7) is 1.22. The molecule has 1 heterocycles. The molecular weight excluding hydrogens is 219 g/mol. The van der Waals surface area contributed by atoms with E-state index in [1.807, 2.05) is 6.07 Å². The van der Waals surface area contributed by atoms with E-state index in [0.29, 0.717) is 19.5 Å². The zero-order chi connectivity index (χ0) is 12.2. The van der Waals surface area contributed by atoms with Crippen molar-refractivity contribution in [3.8, 4) is 6.07 Å². The zero-order valence-corrected chi connectivity index (χ0v) is 9.22. The van der Waals surface area contributed by atoms with Crippen LogP contribution in [0.25, 0.3) is 0 Å². The molecule has 1 aliphatic heterocycles. The molecule has 2 unspecified atom stereocenters. The molecule has 0 bridgehead atoms. The van der Waals surface area contributed by atoms with E-state index in [-0.39, 0.29) is 12.6 Å². The molecule has 1 N–H and O–H groups in total. The summed E-state index contributed by atoms with van der Waals surface area (Å²) in [5.41, 5.74) is 0. The monoisotopic (exact) mass is 235 g/mol. The van der Waals surface area contributed by atoms with Crippen molar-refractivity contribution in [2.24, 2.45) is 5.92 Å². The van der Waals surface area contributed by atoms with E-state index < -0.39 is 18.5 Å². The van der Waals surface area contributed by atoms with Gasteiger partial charge in [-0.2, -0.15) is 18.4 Å². The van der Waals surface area contributed by atoms with Gasteiger partial charge in [0, 0.05) is 25.6 Å². The van der Waals surface area contributed by atoms with Crippen LogP contribution in [0, 0.1) is 17.2 Å². The first-order chi connectivity index (χ1) is 7.44. The molecule has 0 aromatic heterocycles. The topological polar surface area (TPSA) is 39.1 Å². The SMILES string of the molecule is CNC1CC(CC(F)(F)F)CN(CC#N)C1. The Morgan fingerprint density at radius 3 is 2.62 bits per heavy atom. The van der Waals surface area contributed by atoms with Gasteiger partial charge >= 0.3 is 6.18 Å². The molecule has 0 aromatic carbocycles. The fourth-order valence-electron chi connectivity index (χ4n) is 2.22. The smallest absolute Gasteiger partial charge is 0.316 e. The molecule has 1 aliphatic rings. The fourth-order valence-corrected chi connectivity index (χ4v) is 2.22. The van der Waals surface area contributed by atoms with Gasteiger partial charge in [0.25, 0.3) is 0 Å². The molecule has 0 aliphatic carbocycles. The highest BCUT2D eigenvalue weighted by Gasteiger charge is 2.36. The predicted molar refractivity (Wildman–Crippen MR) is 53.7 cm³/mol. The summed E-state index contributed by atoms with van der Waals surface area (Å²) in [5, 5.41) is 11.6. The fraction of sp³-hybridized carbons (Fsp3) is 0.900. The summed E-state index contributed by atoms with van der Waals surface area (Å²) < 4.78 is 36.8. The van der Waals surface area contributed by atoms with Crippen molar-refractivity contribution in [2.45, 2.75) is 25.1 Å². The number of hydrogen-bond donors (Lipinski definition) is 1. The quantitative estimate of drug-likeness (QED) is 0.751. The lowest BCUT2D eigenvalue weighted by atomic mass is 9.91. The van der Waals surface area contributed by atoms with Crippen molar-refractivity contribution in [1.82, 2.24) is 10.2 Å². The van der Waals surface area contributed by atoms with Crippen LogP contribution < -0.4 is 5.32 Å². The van der Waals surface area contributed by atoms with Crippen molar-refractivity contribution in [3.05, 3.63) is 0 Å². The van der Waals surface area contributed by atoms with Crippen LogP contribution in [0.5, 0.6) is 0 Å². The van der Waals surface area contributed by atoms with Gasteiger partial charge in [-0.3, -0.25) is 4.90 Å². The molecule has 0 aromatic rings. The Hall–Kier alpha value is -0.800. The van der Waals surface area contributed by atoms with Gasteiger partial charge in [-0.1, -0.05) is 0 Å². The molecule has 3 nitrogen and oxygen atoms in total. The molecule has 0 radical (unpaired) electrons. The van der Waals surface area contributed by atoms with Crippen LogP contribution in [-0.4, -0.2) is 43.8 Å². The van der Waals surface area contributed by atoms with Crippen molar-refractivity contribution >= 4 is 0 Å². The molecule has 0 saturated carbocycles. The number of halogens is 3. The van der Waals surface area contributed by atoms with E-state index in [2.05, 4.69) is 5.32 Å². The maximum atomic E-state index is 12.3. The number of piperidine rings is 1. The maximum absolute atomic E-state index is 12.3. The Morgan fingerprint density at radius 1 is 1.44 bits per heavy atom. The lowest BCUT2D eigenvalue weighted by molar-refractivity contribution is -0.148. The molecule has 0 amide bonds. The zero-order valence-electron chi connectivity index (χ0n) is 9.22. The van der Waals surface area contributed by atoms with Crippen molar-refractivity contribution in [2.75, 3.05) is 26.7 Å². The Balaban J connectivity index is 2.54. The molecule has 0 spiro atoms. The van der Waals surface area contributed by atoms with Crippen LogP contribution in [0.2, 0.25) is 0 Å². The van der Waals surface area contributed by atoms with E-state index in [1.54, 1.807) is 11.9 Å². The summed E-state index contributed by atoms with van der Waals surface area (Å²) in [5.74, 6) is -0.403. The largest absolute Gasteiger partial charge is 0.389 e. The van der Waals surface area contributed by atoms with Gasteiger partial charge in [-0.15, -0.1) is 0 Å². The average Bonchev–Trinajstić information content (AvgIpc) is 2.15. The third kappa shape index (κ3) is 4.37. The van der Waals surface area contributed by atoms with E-state index in [0.717, 1.165) is 0 Å². The van der Waals surface area contributed by atoms with Crippen LogP contribution >= 0.6 is 0 Å². The minimum atomic E-state index is -4.11. The number of nitriles is 1. The number of likely N-dealkylation sites (N-methyl/N-ethyl adjacent to an activating group) is 1. The summed E-state index contributed by atoms with van der Waals surface area (Å²) in [4.78, 5) is 1.78. The van der Waals surface area contributed by atoms with E-state index in [1.165, 1.54) is 0 Å². The first-order valence-electron chi connectivity index (χ1n) is 5.28. The Kier molecular flexibility index (Phi) is 4.56. The van der Waals surface area contributed by atoms with Crippen molar-refractivity contribution in [1.29, 1.82) is 5.26 Å². The highest BCUT2D eigenvalue weighted by atomic mass is 19.4. The Bertz CT molecular complexity index is 259. The third-order valence-electron chi connectivity index (χ3n) is 2.84. The summed E-state index contributed by atoms with van der Waals surface area (Å²) in [6.07, 6.45) is -4.34. The minimum Gasteiger partial charge on any atom is -0.316 e. The molecule has 1 fully saturated rings.